The number of nitrogens with one attached hydrogen (secondary N) is 1. The van der Waals surface area contributed by atoms with E-state index < -0.39 is 6.10 Å². The summed E-state index contributed by atoms with van der Waals surface area (Å²) < 4.78 is 6.67. The Morgan fingerprint density at radius 2 is 1.90 bits per heavy atom. The highest BCUT2D eigenvalue weighted by Crippen LogP contribution is 2.12. The molecule has 1 unspecified atom stereocenters. The highest BCUT2D eigenvalue weighted by Gasteiger charge is 2.04. The van der Waals surface area contributed by atoms with Crippen LogP contribution in [-0.2, 0) is 11.3 Å². The fourth-order valence-corrected chi connectivity index (χ4v) is 2.32. The molecule has 20 heavy (non-hydrogen) atoms. The van der Waals surface area contributed by atoms with Crippen LogP contribution in [0.4, 0.5) is 5.69 Å². The highest BCUT2D eigenvalue weighted by atomic mass is 127. The largest absolute Gasteiger partial charge is 0.389 e. The lowest BCUT2D eigenvalue weighted by Crippen LogP contribution is -2.24. The molecule has 0 heterocycles. The fourth-order valence-electron chi connectivity index (χ4n) is 1.78. The Kier molecular flexibility index (Phi) is 6.29. The standard InChI is InChI=1S/C16H18INO2/c17-14-7-4-8-15(9-14)18-10-16(19)12-20-11-13-5-2-1-3-6-13/h1-9,16,18-19H,10-12H2. The van der Waals surface area contributed by atoms with Gasteiger partial charge in [0.05, 0.1) is 19.3 Å². The third-order valence-electron chi connectivity index (χ3n) is 2.79. The molecule has 0 aliphatic heterocycles. The van der Waals surface area contributed by atoms with Gasteiger partial charge >= 0.3 is 0 Å². The summed E-state index contributed by atoms with van der Waals surface area (Å²) in [6, 6.07) is 18.0. The first kappa shape index (κ1) is 15.3. The average molecular weight is 383 g/mol. The Labute approximate surface area is 133 Å². The van der Waals surface area contributed by atoms with Gasteiger partial charge in [-0.1, -0.05) is 36.4 Å². The smallest absolute Gasteiger partial charge is 0.0945 e. The first-order chi connectivity index (χ1) is 9.74. The zero-order chi connectivity index (χ0) is 14.2. The van der Waals surface area contributed by atoms with E-state index in [0.29, 0.717) is 19.8 Å². The minimum Gasteiger partial charge on any atom is -0.389 e. The van der Waals surface area contributed by atoms with Gasteiger partial charge in [0.15, 0.2) is 0 Å². The maximum Gasteiger partial charge on any atom is 0.0945 e. The monoisotopic (exact) mass is 383 g/mol. The van der Waals surface area contributed by atoms with Crippen LogP contribution in [0.3, 0.4) is 0 Å². The molecule has 0 aliphatic carbocycles. The molecule has 0 aliphatic rings. The van der Waals surface area contributed by atoms with Gasteiger partial charge in [0.1, 0.15) is 0 Å². The van der Waals surface area contributed by atoms with Crippen LogP contribution in [0.1, 0.15) is 5.56 Å². The van der Waals surface area contributed by atoms with Gasteiger partial charge in [-0.05, 0) is 46.4 Å². The predicted octanol–water partition coefficient (Wildman–Crippen LogP) is 3.28. The quantitative estimate of drug-likeness (QED) is 0.722. The van der Waals surface area contributed by atoms with E-state index in [1.165, 1.54) is 3.57 Å². The molecule has 0 aromatic heterocycles. The van der Waals surface area contributed by atoms with E-state index in [4.69, 9.17) is 4.74 Å². The predicted molar refractivity (Wildman–Crippen MR) is 89.8 cm³/mol. The zero-order valence-corrected chi connectivity index (χ0v) is 13.3. The number of anilines is 1. The molecule has 0 fully saturated rings. The molecule has 2 N–H and O–H groups in total. The SMILES string of the molecule is OC(CNc1cccc(I)c1)COCc1ccccc1. The number of ether oxygens (including phenoxy) is 1. The number of aliphatic hydroxyl groups excluding tert-OH is 1. The first-order valence-corrected chi connectivity index (χ1v) is 7.61. The van der Waals surface area contributed by atoms with E-state index in [9.17, 15) is 5.11 Å². The van der Waals surface area contributed by atoms with Crippen molar-refractivity contribution in [3.8, 4) is 0 Å². The Hall–Kier alpha value is -1.11. The summed E-state index contributed by atoms with van der Waals surface area (Å²) in [6.07, 6.45) is -0.517. The third kappa shape index (κ3) is 5.48. The van der Waals surface area contributed by atoms with Crippen molar-refractivity contribution in [3.05, 3.63) is 63.7 Å². The molecule has 0 bridgehead atoms. The van der Waals surface area contributed by atoms with Crippen LogP contribution in [0.25, 0.3) is 0 Å². The van der Waals surface area contributed by atoms with Gasteiger partial charge in [0, 0.05) is 15.8 Å². The molecular weight excluding hydrogens is 365 g/mol. The van der Waals surface area contributed by atoms with Crippen molar-refractivity contribution in [2.24, 2.45) is 0 Å². The Bertz CT molecular complexity index is 519. The van der Waals surface area contributed by atoms with Crippen LogP contribution in [0.15, 0.2) is 54.6 Å². The lowest BCUT2D eigenvalue weighted by atomic mass is 10.2. The Balaban J connectivity index is 1.67. The highest BCUT2D eigenvalue weighted by molar-refractivity contribution is 14.1. The second kappa shape index (κ2) is 8.24. The van der Waals surface area contributed by atoms with Crippen LogP contribution < -0.4 is 5.32 Å². The Morgan fingerprint density at radius 1 is 1.10 bits per heavy atom. The van der Waals surface area contributed by atoms with Crippen LogP contribution in [0.5, 0.6) is 0 Å². The number of hydrogen-bond acceptors (Lipinski definition) is 3. The normalized spacial score (nSPS) is 12.1. The van der Waals surface area contributed by atoms with Gasteiger partial charge in [-0.2, -0.15) is 0 Å². The molecule has 0 spiro atoms. The van der Waals surface area contributed by atoms with Gasteiger partial charge in [-0.15, -0.1) is 0 Å². The van der Waals surface area contributed by atoms with Crippen LogP contribution >= 0.6 is 22.6 Å². The van der Waals surface area contributed by atoms with Crippen molar-refractivity contribution in [2.45, 2.75) is 12.7 Å². The molecule has 0 saturated carbocycles. The summed E-state index contributed by atoms with van der Waals surface area (Å²) in [5.74, 6) is 0. The van der Waals surface area contributed by atoms with Crippen molar-refractivity contribution >= 4 is 28.3 Å². The van der Waals surface area contributed by atoms with Gasteiger partial charge in [-0.3, -0.25) is 0 Å². The van der Waals surface area contributed by atoms with E-state index in [2.05, 4.69) is 27.9 Å². The molecule has 4 heteroatoms. The minimum absolute atomic E-state index is 0.325. The topological polar surface area (TPSA) is 41.5 Å². The summed E-state index contributed by atoms with van der Waals surface area (Å²) in [6.45, 7) is 1.34. The van der Waals surface area contributed by atoms with Crippen molar-refractivity contribution in [3.63, 3.8) is 0 Å². The number of halogens is 1. The fraction of sp³-hybridized carbons (Fsp3) is 0.250. The van der Waals surface area contributed by atoms with Crippen molar-refractivity contribution in [2.75, 3.05) is 18.5 Å². The van der Waals surface area contributed by atoms with Crippen LogP contribution in [0, 0.1) is 3.57 Å². The maximum absolute atomic E-state index is 9.87. The number of rotatable bonds is 7. The lowest BCUT2D eigenvalue weighted by Gasteiger charge is -2.13. The summed E-state index contributed by atoms with van der Waals surface area (Å²) in [4.78, 5) is 0. The molecule has 1 atom stereocenters. The van der Waals surface area contributed by atoms with Crippen molar-refractivity contribution in [1.82, 2.24) is 0 Å². The zero-order valence-electron chi connectivity index (χ0n) is 11.1. The third-order valence-corrected chi connectivity index (χ3v) is 3.46. The first-order valence-electron chi connectivity index (χ1n) is 6.53. The van der Waals surface area contributed by atoms with E-state index in [-0.39, 0.29) is 0 Å². The molecule has 106 valence electrons. The lowest BCUT2D eigenvalue weighted by molar-refractivity contribution is 0.0348. The van der Waals surface area contributed by atoms with Gasteiger partial charge < -0.3 is 15.2 Å². The second-order valence-electron chi connectivity index (χ2n) is 4.55. The van der Waals surface area contributed by atoms with Gasteiger partial charge in [-0.25, -0.2) is 0 Å². The van der Waals surface area contributed by atoms with E-state index in [0.717, 1.165) is 11.3 Å². The minimum atomic E-state index is -0.517. The molecular formula is C16H18INO2. The molecule has 2 aromatic rings. The molecule has 0 saturated heterocycles. The molecule has 3 nitrogen and oxygen atoms in total. The maximum atomic E-state index is 9.87. The van der Waals surface area contributed by atoms with Crippen LogP contribution in [0.2, 0.25) is 0 Å². The summed E-state index contributed by atoms with van der Waals surface area (Å²) >= 11 is 2.26. The van der Waals surface area contributed by atoms with Crippen molar-refractivity contribution < 1.29 is 9.84 Å². The Morgan fingerprint density at radius 3 is 2.65 bits per heavy atom. The number of benzene rings is 2. The van der Waals surface area contributed by atoms with Crippen molar-refractivity contribution in [1.29, 1.82) is 0 Å². The van der Waals surface area contributed by atoms with Gasteiger partial charge in [0.2, 0.25) is 0 Å². The average Bonchev–Trinajstić information content (AvgIpc) is 2.46. The molecule has 0 amide bonds. The van der Waals surface area contributed by atoms with Crippen LogP contribution in [-0.4, -0.2) is 24.4 Å². The second-order valence-corrected chi connectivity index (χ2v) is 5.79. The molecule has 0 radical (unpaired) electrons. The van der Waals surface area contributed by atoms with E-state index in [1.54, 1.807) is 0 Å². The molecule has 2 aromatic carbocycles. The number of aliphatic hydroxyl groups is 1. The number of hydrogen-bond donors (Lipinski definition) is 2. The van der Waals surface area contributed by atoms with E-state index in [1.807, 2.05) is 54.6 Å². The van der Waals surface area contributed by atoms with Gasteiger partial charge in [0.25, 0.3) is 0 Å². The van der Waals surface area contributed by atoms with E-state index >= 15 is 0 Å². The molecule has 2 rings (SSSR count). The summed E-state index contributed by atoms with van der Waals surface area (Å²) in [7, 11) is 0. The summed E-state index contributed by atoms with van der Waals surface area (Å²) in [5, 5.41) is 13.1. The summed E-state index contributed by atoms with van der Waals surface area (Å²) in [5.41, 5.74) is 2.13.